The van der Waals surface area contributed by atoms with E-state index in [1.807, 2.05) is 55.5 Å². The van der Waals surface area contributed by atoms with E-state index in [1.54, 1.807) is 6.07 Å². The highest BCUT2D eigenvalue weighted by Crippen LogP contribution is 2.27. The second-order valence-corrected chi connectivity index (χ2v) is 9.46. The van der Waals surface area contributed by atoms with Gasteiger partial charge in [0, 0.05) is 17.0 Å². The summed E-state index contributed by atoms with van der Waals surface area (Å²) < 4.78 is 5.52. The van der Waals surface area contributed by atoms with Crippen molar-refractivity contribution < 1.29 is 14.3 Å². The molecule has 0 saturated carbocycles. The Balaban J connectivity index is 1.78. The van der Waals surface area contributed by atoms with Crippen LogP contribution >= 0.6 is 11.6 Å². The molecule has 0 fully saturated rings. The first-order valence-corrected chi connectivity index (χ1v) is 11.8. The summed E-state index contributed by atoms with van der Waals surface area (Å²) in [5, 5.41) is 21.9. The van der Waals surface area contributed by atoms with Crippen molar-refractivity contribution in [2.45, 2.75) is 44.8 Å². The maximum absolute atomic E-state index is 13.2. The number of ether oxygens (including phenoxy) is 1. The number of hydrogen-bond donors (Lipinski definition) is 1. The van der Waals surface area contributed by atoms with Crippen LogP contribution in [0.25, 0.3) is 0 Å². The van der Waals surface area contributed by atoms with E-state index in [2.05, 4.69) is 11.4 Å². The normalized spacial score (nSPS) is 12.5. The molecule has 2 atom stereocenters. The Morgan fingerprint density at radius 3 is 2.22 bits per heavy atom. The molecule has 1 N–H and O–H groups in total. The van der Waals surface area contributed by atoms with E-state index >= 15 is 0 Å². The highest BCUT2D eigenvalue weighted by molar-refractivity contribution is 6.30. The van der Waals surface area contributed by atoms with Crippen molar-refractivity contribution in [2.24, 2.45) is 0 Å². The monoisotopic (exact) mass is 499 g/mol. The summed E-state index contributed by atoms with van der Waals surface area (Å²) in [4.78, 5) is 25.8. The van der Waals surface area contributed by atoms with Crippen LogP contribution in [0, 0.1) is 22.7 Å². The van der Waals surface area contributed by atoms with Gasteiger partial charge < -0.3 is 10.1 Å². The number of benzene rings is 3. The van der Waals surface area contributed by atoms with E-state index < -0.39 is 17.5 Å². The summed E-state index contributed by atoms with van der Waals surface area (Å²) in [5.74, 6) is -1.27. The van der Waals surface area contributed by atoms with Crippen LogP contribution in [0.15, 0.2) is 72.8 Å². The van der Waals surface area contributed by atoms with Crippen molar-refractivity contribution in [3.63, 3.8) is 0 Å². The van der Waals surface area contributed by atoms with Crippen LogP contribution in [0.4, 0.5) is 0 Å². The third-order valence-electron chi connectivity index (χ3n) is 5.92. The lowest BCUT2D eigenvalue weighted by atomic mass is 9.85. The summed E-state index contributed by atoms with van der Waals surface area (Å²) in [7, 11) is 0. The molecule has 6 nitrogen and oxygen atoms in total. The minimum atomic E-state index is -1.45. The van der Waals surface area contributed by atoms with Gasteiger partial charge in [-0.3, -0.25) is 4.79 Å². The highest BCUT2D eigenvalue weighted by Gasteiger charge is 2.35. The molecular formula is C29H26ClN3O3. The Kier molecular flexibility index (Phi) is 8.48. The lowest BCUT2D eigenvalue weighted by Crippen LogP contribution is -2.50. The van der Waals surface area contributed by atoms with Gasteiger partial charge in [0.05, 0.1) is 28.8 Å². The van der Waals surface area contributed by atoms with Crippen LogP contribution < -0.4 is 5.32 Å². The van der Waals surface area contributed by atoms with E-state index in [0.717, 1.165) is 11.1 Å². The van der Waals surface area contributed by atoms with Crippen molar-refractivity contribution in [3.8, 4) is 12.1 Å². The number of halogens is 1. The van der Waals surface area contributed by atoms with Gasteiger partial charge >= 0.3 is 5.97 Å². The van der Waals surface area contributed by atoms with Crippen LogP contribution in [0.1, 0.15) is 59.3 Å². The van der Waals surface area contributed by atoms with E-state index in [-0.39, 0.29) is 17.5 Å². The average molecular weight is 500 g/mol. The Morgan fingerprint density at radius 2 is 1.61 bits per heavy atom. The standard InChI is InChI=1S/C29H26ClN3O3/c1-19(33-28(35)29(2,3)36-27(34)23-11-7-21(17-31)8-12-23)26(16-20-9-13-25(30)14-10-20)24-6-4-5-22(15-24)18-32/h4-15,19,26H,16H2,1-3H3,(H,33,35). The molecule has 182 valence electrons. The van der Waals surface area contributed by atoms with Crippen molar-refractivity contribution >= 4 is 23.5 Å². The van der Waals surface area contributed by atoms with E-state index in [9.17, 15) is 14.9 Å². The van der Waals surface area contributed by atoms with Gasteiger partial charge in [-0.15, -0.1) is 0 Å². The van der Waals surface area contributed by atoms with Gasteiger partial charge in [0.2, 0.25) is 0 Å². The Morgan fingerprint density at radius 1 is 0.972 bits per heavy atom. The molecule has 3 rings (SSSR count). The van der Waals surface area contributed by atoms with Gasteiger partial charge in [0.25, 0.3) is 5.91 Å². The Hall–Kier alpha value is -4.13. The molecule has 1 amide bonds. The molecule has 3 aromatic carbocycles. The maximum atomic E-state index is 13.2. The average Bonchev–Trinajstić information content (AvgIpc) is 2.88. The lowest BCUT2D eigenvalue weighted by molar-refractivity contribution is -0.138. The number of nitrogens with zero attached hydrogens (tertiary/aromatic N) is 2. The first-order valence-electron chi connectivity index (χ1n) is 11.4. The van der Waals surface area contributed by atoms with Gasteiger partial charge in [-0.2, -0.15) is 10.5 Å². The first kappa shape index (κ1) is 26.5. The Bertz CT molecular complexity index is 1320. The fourth-order valence-corrected chi connectivity index (χ4v) is 3.92. The second-order valence-electron chi connectivity index (χ2n) is 9.03. The Labute approximate surface area is 216 Å². The summed E-state index contributed by atoms with van der Waals surface area (Å²) >= 11 is 6.04. The number of nitrogens with one attached hydrogen (secondary N) is 1. The minimum Gasteiger partial charge on any atom is -0.446 e. The molecule has 2 unspecified atom stereocenters. The second kappa shape index (κ2) is 11.5. The van der Waals surface area contributed by atoms with Crippen molar-refractivity contribution in [1.29, 1.82) is 10.5 Å². The molecular weight excluding hydrogens is 474 g/mol. The molecule has 36 heavy (non-hydrogen) atoms. The van der Waals surface area contributed by atoms with Crippen molar-refractivity contribution in [3.05, 3.63) is 106 Å². The van der Waals surface area contributed by atoms with Crippen LogP contribution in [-0.2, 0) is 16.0 Å². The largest absolute Gasteiger partial charge is 0.446 e. The summed E-state index contributed by atoms with van der Waals surface area (Å²) in [6.45, 7) is 4.94. The number of hydrogen-bond acceptors (Lipinski definition) is 5. The SMILES string of the molecule is CC(NC(=O)C(C)(C)OC(=O)c1ccc(C#N)cc1)C(Cc1ccc(Cl)cc1)c1cccc(C#N)c1. The van der Waals surface area contributed by atoms with Crippen LogP contribution in [-0.4, -0.2) is 23.5 Å². The minimum absolute atomic E-state index is 0.159. The predicted octanol–water partition coefficient (Wildman–Crippen LogP) is 5.55. The summed E-state index contributed by atoms with van der Waals surface area (Å²) in [6.07, 6.45) is 0.596. The maximum Gasteiger partial charge on any atom is 0.339 e. The van der Waals surface area contributed by atoms with Crippen molar-refractivity contribution in [1.82, 2.24) is 5.32 Å². The molecule has 0 aliphatic rings. The molecule has 0 heterocycles. The zero-order valence-electron chi connectivity index (χ0n) is 20.3. The zero-order chi connectivity index (χ0) is 26.3. The van der Waals surface area contributed by atoms with Crippen LogP contribution in [0.3, 0.4) is 0 Å². The summed E-state index contributed by atoms with van der Waals surface area (Å²) in [6, 6.07) is 24.6. The molecule has 0 aliphatic carbocycles. The number of esters is 1. The van der Waals surface area contributed by atoms with Gasteiger partial charge in [0.1, 0.15) is 0 Å². The summed E-state index contributed by atoms with van der Waals surface area (Å²) in [5.41, 5.74) is 1.69. The van der Waals surface area contributed by atoms with Crippen LogP contribution in [0.5, 0.6) is 0 Å². The third kappa shape index (κ3) is 6.72. The molecule has 0 bridgehead atoms. The number of amides is 1. The van der Waals surface area contributed by atoms with E-state index in [0.29, 0.717) is 22.6 Å². The number of carbonyl (C=O) groups excluding carboxylic acids is 2. The van der Waals surface area contributed by atoms with Crippen LogP contribution in [0.2, 0.25) is 5.02 Å². The molecule has 0 aromatic heterocycles. The first-order chi connectivity index (χ1) is 17.1. The third-order valence-corrected chi connectivity index (χ3v) is 6.17. The fourth-order valence-electron chi connectivity index (χ4n) is 3.80. The number of carbonyl (C=O) groups is 2. The number of rotatable bonds is 8. The molecule has 7 heteroatoms. The lowest BCUT2D eigenvalue weighted by Gasteiger charge is -2.30. The predicted molar refractivity (Wildman–Crippen MR) is 137 cm³/mol. The van der Waals surface area contributed by atoms with Gasteiger partial charge in [-0.25, -0.2) is 4.79 Å². The highest BCUT2D eigenvalue weighted by atomic mass is 35.5. The fraction of sp³-hybridized carbons (Fsp3) is 0.241. The molecule has 3 aromatic rings. The van der Waals surface area contributed by atoms with E-state index in [1.165, 1.54) is 38.1 Å². The van der Waals surface area contributed by atoms with Gasteiger partial charge in [0.15, 0.2) is 5.60 Å². The number of nitriles is 2. The van der Waals surface area contributed by atoms with E-state index in [4.69, 9.17) is 21.6 Å². The smallest absolute Gasteiger partial charge is 0.339 e. The molecule has 0 saturated heterocycles. The molecule has 0 radical (unpaired) electrons. The molecule has 0 aliphatic heterocycles. The van der Waals surface area contributed by atoms with Crippen molar-refractivity contribution in [2.75, 3.05) is 0 Å². The van der Waals surface area contributed by atoms with Gasteiger partial charge in [-0.05, 0) is 86.8 Å². The zero-order valence-corrected chi connectivity index (χ0v) is 21.0. The van der Waals surface area contributed by atoms with Gasteiger partial charge in [-0.1, -0.05) is 35.9 Å². The molecule has 0 spiro atoms. The quantitative estimate of drug-likeness (QED) is 0.409. The topological polar surface area (TPSA) is 103 Å².